The Morgan fingerprint density at radius 3 is 2.41 bits per heavy atom. The highest BCUT2D eigenvalue weighted by molar-refractivity contribution is 6.69. The lowest BCUT2D eigenvalue weighted by molar-refractivity contribution is -0.160. The molecule has 3 atom stereocenters. The van der Waals surface area contributed by atoms with Gasteiger partial charge in [0, 0.05) is 7.05 Å². The van der Waals surface area contributed by atoms with Crippen molar-refractivity contribution in [3.8, 4) is 0 Å². The summed E-state index contributed by atoms with van der Waals surface area (Å²) in [6, 6.07) is 7.11. The third kappa shape index (κ3) is 4.13. The number of aliphatic carboxylic acids is 1. The summed E-state index contributed by atoms with van der Waals surface area (Å²) in [5, 5.41) is 12.4. The summed E-state index contributed by atoms with van der Waals surface area (Å²) in [6.45, 7) is 8.13. The molecule has 7 nitrogen and oxygen atoms in total. The Morgan fingerprint density at radius 2 is 1.90 bits per heavy atom. The van der Waals surface area contributed by atoms with E-state index in [0.717, 1.165) is 11.1 Å². The molecular weight excluding hydrogens is 388 g/mol. The SMILES string of the molecule is CNC(=O)Cc1ccc(C2=C(C(=O)O)N3C(=O)[C@H]([C@@H](C)O[Si](C)(C)C)[C@H]3C2)cc1. The number of carboxylic acids is 1. The van der Waals surface area contributed by atoms with Crippen LogP contribution in [0.2, 0.25) is 19.6 Å². The van der Waals surface area contributed by atoms with Gasteiger partial charge in [-0.3, -0.25) is 9.59 Å². The summed E-state index contributed by atoms with van der Waals surface area (Å²) in [7, 11) is -0.228. The number of carboxylic acid groups (broad SMARTS) is 1. The zero-order valence-electron chi connectivity index (χ0n) is 17.5. The predicted molar refractivity (Wildman–Crippen MR) is 111 cm³/mol. The van der Waals surface area contributed by atoms with Crippen molar-refractivity contribution in [2.75, 3.05) is 7.05 Å². The summed E-state index contributed by atoms with van der Waals surface area (Å²) in [5.41, 5.74) is 2.33. The van der Waals surface area contributed by atoms with Gasteiger partial charge in [-0.25, -0.2) is 4.79 Å². The average molecular weight is 417 g/mol. The molecule has 2 amide bonds. The van der Waals surface area contributed by atoms with Gasteiger partial charge in [0.2, 0.25) is 11.8 Å². The number of likely N-dealkylation sites (N-methyl/N-ethyl adjacent to an activating group) is 1. The highest BCUT2D eigenvalue weighted by Crippen LogP contribution is 2.47. The molecule has 0 spiro atoms. The quantitative estimate of drug-likeness (QED) is 0.525. The zero-order chi connectivity index (χ0) is 21.5. The first-order valence-corrected chi connectivity index (χ1v) is 13.2. The number of fused-ring (bicyclic) bond motifs is 1. The molecule has 1 aromatic carbocycles. The number of carbonyl (C=O) groups excluding carboxylic acids is 2. The zero-order valence-corrected chi connectivity index (χ0v) is 18.5. The largest absolute Gasteiger partial charge is 0.477 e. The third-order valence-electron chi connectivity index (χ3n) is 5.40. The van der Waals surface area contributed by atoms with Gasteiger partial charge in [0.25, 0.3) is 0 Å². The number of rotatable bonds is 7. The van der Waals surface area contributed by atoms with Crippen molar-refractivity contribution in [3.05, 3.63) is 41.1 Å². The fourth-order valence-electron chi connectivity index (χ4n) is 4.24. The van der Waals surface area contributed by atoms with E-state index in [-0.39, 0.29) is 42.0 Å². The first kappa shape index (κ1) is 21.3. The Kier molecular flexibility index (Phi) is 5.69. The molecule has 1 saturated heterocycles. The van der Waals surface area contributed by atoms with Crippen LogP contribution in [0.5, 0.6) is 0 Å². The van der Waals surface area contributed by atoms with E-state index >= 15 is 0 Å². The van der Waals surface area contributed by atoms with E-state index in [1.165, 1.54) is 4.90 Å². The van der Waals surface area contributed by atoms with Crippen molar-refractivity contribution < 1.29 is 23.9 Å². The van der Waals surface area contributed by atoms with Crippen LogP contribution in [0.1, 0.15) is 24.5 Å². The smallest absolute Gasteiger partial charge is 0.352 e. The van der Waals surface area contributed by atoms with Crippen LogP contribution < -0.4 is 5.32 Å². The normalized spacial score (nSPS) is 22.2. The van der Waals surface area contributed by atoms with E-state index in [0.29, 0.717) is 12.0 Å². The molecule has 0 radical (unpaired) electrons. The Labute approximate surface area is 171 Å². The van der Waals surface area contributed by atoms with E-state index in [1.807, 2.05) is 31.2 Å². The molecule has 29 heavy (non-hydrogen) atoms. The van der Waals surface area contributed by atoms with Gasteiger partial charge in [-0.2, -0.15) is 0 Å². The van der Waals surface area contributed by atoms with Crippen molar-refractivity contribution in [1.82, 2.24) is 10.2 Å². The minimum atomic E-state index is -1.82. The molecule has 1 fully saturated rings. The Bertz CT molecular complexity index is 872. The molecule has 1 aromatic rings. The average Bonchev–Trinajstić information content (AvgIpc) is 2.96. The summed E-state index contributed by atoms with van der Waals surface area (Å²) in [6.07, 6.45) is 0.522. The number of nitrogens with one attached hydrogen (secondary N) is 1. The highest BCUT2D eigenvalue weighted by Gasteiger charge is 2.57. The Hall–Kier alpha value is -2.45. The van der Waals surface area contributed by atoms with Gasteiger partial charge in [-0.1, -0.05) is 24.3 Å². The number of hydrogen-bond acceptors (Lipinski definition) is 4. The molecule has 2 heterocycles. The van der Waals surface area contributed by atoms with Crippen molar-refractivity contribution in [2.45, 2.75) is 51.6 Å². The second-order valence-electron chi connectivity index (χ2n) is 8.62. The third-order valence-corrected chi connectivity index (χ3v) is 6.48. The van der Waals surface area contributed by atoms with Crippen LogP contribution in [-0.2, 0) is 25.2 Å². The number of hydrogen-bond donors (Lipinski definition) is 2. The van der Waals surface area contributed by atoms with E-state index in [4.69, 9.17) is 4.43 Å². The molecule has 2 aliphatic rings. The van der Waals surface area contributed by atoms with Crippen LogP contribution >= 0.6 is 0 Å². The first-order valence-electron chi connectivity index (χ1n) is 9.80. The van der Waals surface area contributed by atoms with Crippen LogP contribution in [-0.4, -0.2) is 55.3 Å². The topological polar surface area (TPSA) is 95.9 Å². The fraction of sp³-hybridized carbons (Fsp3) is 0.476. The second-order valence-corrected chi connectivity index (χ2v) is 13.1. The lowest BCUT2D eigenvalue weighted by Gasteiger charge is -2.47. The molecule has 0 aliphatic carbocycles. The van der Waals surface area contributed by atoms with Crippen LogP contribution in [0, 0.1) is 5.92 Å². The maximum atomic E-state index is 12.8. The van der Waals surface area contributed by atoms with Crippen molar-refractivity contribution >= 4 is 31.7 Å². The van der Waals surface area contributed by atoms with Gasteiger partial charge in [-0.15, -0.1) is 0 Å². The van der Waals surface area contributed by atoms with Crippen LogP contribution in [0.25, 0.3) is 5.57 Å². The number of nitrogens with zero attached hydrogens (tertiary/aromatic N) is 1. The summed E-state index contributed by atoms with van der Waals surface area (Å²) in [5.74, 6) is -1.67. The van der Waals surface area contributed by atoms with Gasteiger partial charge in [0.15, 0.2) is 8.32 Å². The molecule has 0 bridgehead atoms. The van der Waals surface area contributed by atoms with Gasteiger partial charge in [-0.05, 0) is 49.7 Å². The van der Waals surface area contributed by atoms with Crippen LogP contribution in [0.15, 0.2) is 30.0 Å². The molecule has 156 valence electrons. The predicted octanol–water partition coefficient (Wildman–Crippen LogP) is 2.24. The first-order chi connectivity index (χ1) is 13.5. The lowest BCUT2D eigenvalue weighted by Crippen LogP contribution is -2.63. The minimum absolute atomic E-state index is 0.0653. The van der Waals surface area contributed by atoms with E-state index in [9.17, 15) is 19.5 Å². The molecule has 0 saturated carbocycles. The maximum absolute atomic E-state index is 12.8. The Morgan fingerprint density at radius 1 is 1.28 bits per heavy atom. The molecule has 3 rings (SSSR count). The lowest BCUT2D eigenvalue weighted by atomic mass is 9.82. The van der Waals surface area contributed by atoms with Crippen molar-refractivity contribution in [2.24, 2.45) is 5.92 Å². The van der Waals surface area contributed by atoms with Gasteiger partial charge in [0.1, 0.15) is 5.70 Å². The standard InChI is InChI=1S/C21H28N2O5Si/c1-12(28-29(3,4)5)18-16-11-15(19(21(26)27)23(16)20(18)25)14-8-6-13(7-9-14)10-17(24)22-2/h6-9,12,16,18H,10-11H2,1-5H3,(H,22,24)(H,26,27)/t12-,16-,18-/m1/s1. The number of benzene rings is 1. The second kappa shape index (κ2) is 7.76. The molecule has 2 N–H and O–H groups in total. The van der Waals surface area contributed by atoms with E-state index in [2.05, 4.69) is 25.0 Å². The molecule has 0 aromatic heterocycles. The van der Waals surface area contributed by atoms with Crippen molar-refractivity contribution in [1.29, 1.82) is 0 Å². The number of β-lactam (4-membered cyclic amide) rings is 1. The summed E-state index contributed by atoms with van der Waals surface area (Å²) < 4.78 is 6.11. The number of amides is 2. The van der Waals surface area contributed by atoms with E-state index < -0.39 is 14.3 Å². The molecule has 0 unspecified atom stereocenters. The van der Waals surface area contributed by atoms with Crippen LogP contribution in [0.4, 0.5) is 0 Å². The van der Waals surface area contributed by atoms with Gasteiger partial charge < -0.3 is 19.7 Å². The molecular formula is C21H28N2O5Si. The van der Waals surface area contributed by atoms with Gasteiger partial charge >= 0.3 is 5.97 Å². The highest BCUT2D eigenvalue weighted by atomic mass is 28.4. The summed E-state index contributed by atoms with van der Waals surface area (Å²) >= 11 is 0. The molecule has 2 aliphatic heterocycles. The van der Waals surface area contributed by atoms with E-state index in [1.54, 1.807) is 7.05 Å². The van der Waals surface area contributed by atoms with Gasteiger partial charge in [0.05, 0.1) is 24.5 Å². The maximum Gasteiger partial charge on any atom is 0.352 e. The Balaban J connectivity index is 1.84. The fourth-order valence-corrected chi connectivity index (χ4v) is 5.50. The van der Waals surface area contributed by atoms with Crippen LogP contribution in [0.3, 0.4) is 0 Å². The number of carbonyl (C=O) groups is 3. The summed E-state index contributed by atoms with van der Waals surface area (Å²) in [4.78, 5) is 37.7. The van der Waals surface area contributed by atoms with Crippen molar-refractivity contribution in [3.63, 3.8) is 0 Å². The monoisotopic (exact) mass is 416 g/mol. The minimum Gasteiger partial charge on any atom is -0.477 e. The molecule has 8 heteroatoms.